The second-order valence-electron chi connectivity index (χ2n) is 5.43. The third kappa shape index (κ3) is 3.26. The van der Waals surface area contributed by atoms with Crippen molar-refractivity contribution in [1.82, 2.24) is 4.90 Å². The summed E-state index contributed by atoms with van der Waals surface area (Å²) in [7, 11) is 0. The number of benzene rings is 1. The van der Waals surface area contributed by atoms with Crippen molar-refractivity contribution in [2.24, 2.45) is 5.92 Å². The lowest BCUT2D eigenvalue weighted by Crippen LogP contribution is -2.52. The SMILES string of the molecule is CC(C)c1ccc(C=CC(=O)N2CC(C(=O)O)C2)cc1. The van der Waals surface area contributed by atoms with Crippen molar-refractivity contribution in [3.05, 3.63) is 41.5 Å². The zero-order valence-corrected chi connectivity index (χ0v) is 11.7. The van der Waals surface area contributed by atoms with Gasteiger partial charge in [-0.25, -0.2) is 0 Å². The van der Waals surface area contributed by atoms with Gasteiger partial charge in [-0.05, 0) is 23.1 Å². The van der Waals surface area contributed by atoms with E-state index in [-0.39, 0.29) is 5.91 Å². The third-order valence-corrected chi connectivity index (χ3v) is 3.56. The van der Waals surface area contributed by atoms with Crippen molar-refractivity contribution >= 4 is 18.0 Å². The summed E-state index contributed by atoms with van der Waals surface area (Å²) < 4.78 is 0. The van der Waals surface area contributed by atoms with Gasteiger partial charge in [0.05, 0.1) is 5.92 Å². The zero-order chi connectivity index (χ0) is 14.7. The summed E-state index contributed by atoms with van der Waals surface area (Å²) in [6, 6.07) is 8.07. The Morgan fingerprint density at radius 2 is 1.85 bits per heavy atom. The molecule has 106 valence electrons. The quantitative estimate of drug-likeness (QED) is 0.857. The van der Waals surface area contributed by atoms with Gasteiger partial charge >= 0.3 is 5.97 Å². The lowest BCUT2D eigenvalue weighted by Gasteiger charge is -2.35. The van der Waals surface area contributed by atoms with Crippen molar-refractivity contribution in [3.8, 4) is 0 Å². The van der Waals surface area contributed by atoms with E-state index in [1.54, 1.807) is 6.08 Å². The standard InChI is InChI=1S/C16H19NO3/c1-11(2)13-6-3-12(4-7-13)5-8-15(18)17-9-14(10-17)16(19)20/h3-8,11,14H,9-10H2,1-2H3,(H,19,20). The van der Waals surface area contributed by atoms with E-state index in [1.807, 2.05) is 12.1 Å². The van der Waals surface area contributed by atoms with E-state index in [1.165, 1.54) is 16.5 Å². The van der Waals surface area contributed by atoms with Crippen molar-refractivity contribution in [2.75, 3.05) is 13.1 Å². The number of amides is 1. The fourth-order valence-corrected chi connectivity index (χ4v) is 2.08. The van der Waals surface area contributed by atoms with Crippen LogP contribution < -0.4 is 0 Å². The molecule has 4 nitrogen and oxygen atoms in total. The molecule has 20 heavy (non-hydrogen) atoms. The second kappa shape index (κ2) is 5.90. The molecule has 1 amide bonds. The average Bonchev–Trinajstić information content (AvgIpc) is 2.34. The van der Waals surface area contributed by atoms with Crippen LogP contribution in [0.3, 0.4) is 0 Å². The first-order chi connectivity index (χ1) is 9.47. The molecule has 1 aromatic carbocycles. The predicted molar refractivity (Wildman–Crippen MR) is 77.3 cm³/mol. The van der Waals surface area contributed by atoms with Crippen molar-refractivity contribution < 1.29 is 14.7 Å². The van der Waals surface area contributed by atoms with Gasteiger partial charge in [0.15, 0.2) is 0 Å². The van der Waals surface area contributed by atoms with E-state index in [4.69, 9.17) is 5.11 Å². The molecular weight excluding hydrogens is 254 g/mol. The Labute approximate surface area is 118 Å². The minimum absolute atomic E-state index is 0.129. The molecule has 1 aliphatic rings. The highest BCUT2D eigenvalue weighted by atomic mass is 16.4. The summed E-state index contributed by atoms with van der Waals surface area (Å²) in [6.07, 6.45) is 3.27. The smallest absolute Gasteiger partial charge is 0.310 e. The van der Waals surface area contributed by atoms with Crippen LogP contribution in [0.2, 0.25) is 0 Å². The van der Waals surface area contributed by atoms with Gasteiger partial charge in [0, 0.05) is 19.2 Å². The minimum atomic E-state index is -0.831. The van der Waals surface area contributed by atoms with Crippen LogP contribution in [0.5, 0.6) is 0 Å². The largest absolute Gasteiger partial charge is 0.481 e. The van der Waals surface area contributed by atoms with Crippen LogP contribution in [-0.2, 0) is 9.59 Å². The number of hydrogen-bond donors (Lipinski definition) is 1. The predicted octanol–water partition coefficient (Wildman–Crippen LogP) is 2.37. The monoisotopic (exact) mass is 273 g/mol. The number of aliphatic carboxylic acids is 1. The number of carbonyl (C=O) groups excluding carboxylic acids is 1. The number of carboxylic acid groups (broad SMARTS) is 1. The van der Waals surface area contributed by atoms with Gasteiger partial charge in [-0.15, -0.1) is 0 Å². The van der Waals surface area contributed by atoms with E-state index in [9.17, 15) is 9.59 Å². The van der Waals surface area contributed by atoms with Gasteiger partial charge < -0.3 is 10.0 Å². The topological polar surface area (TPSA) is 57.6 Å². The molecule has 0 aromatic heterocycles. The molecule has 0 unspecified atom stereocenters. The van der Waals surface area contributed by atoms with Gasteiger partial charge in [-0.2, -0.15) is 0 Å². The first-order valence-electron chi connectivity index (χ1n) is 6.77. The molecule has 1 fully saturated rings. The number of rotatable bonds is 4. The molecule has 4 heteroatoms. The Morgan fingerprint density at radius 1 is 1.25 bits per heavy atom. The first-order valence-corrected chi connectivity index (χ1v) is 6.77. The Kier molecular flexibility index (Phi) is 4.23. The molecule has 0 bridgehead atoms. The van der Waals surface area contributed by atoms with Gasteiger partial charge in [0.2, 0.25) is 5.91 Å². The van der Waals surface area contributed by atoms with Crippen LogP contribution >= 0.6 is 0 Å². The van der Waals surface area contributed by atoms with Crippen molar-refractivity contribution in [2.45, 2.75) is 19.8 Å². The molecule has 1 aromatic rings. The Balaban J connectivity index is 1.90. The Morgan fingerprint density at radius 3 is 2.35 bits per heavy atom. The van der Waals surface area contributed by atoms with E-state index < -0.39 is 11.9 Å². The Bertz CT molecular complexity index is 525. The molecule has 2 rings (SSSR count). The molecule has 0 atom stereocenters. The van der Waals surface area contributed by atoms with Crippen LogP contribution in [0, 0.1) is 5.92 Å². The van der Waals surface area contributed by atoms with Crippen LogP contribution in [0.4, 0.5) is 0 Å². The first kappa shape index (κ1) is 14.3. The summed E-state index contributed by atoms with van der Waals surface area (Å²) in [5.41, 5.74) is 2.23. The molecule has 1 saturated heterocycles. The molecule has 1 aliphatic heterocycles. The number of carboxylic acids is 1. The van der Waals surface area contributed by atoms with E-state index in [0.29, 0.717) is 19.0 Å². The summed E-state index contributed by atoms with van der Waals surface area (Å²) in [5, 5.41) is 8.76. The lowest BCUT2D eigenvalue weighted by atomic mass is 10.00. The van der Waals surface area contributed by atoms with Crippen molar-refractivity contribution in [1.29, 1.82) is 0 Å². The summed E-state index contributed by atoms with van der Waals surface area (Å²) in [5.74, 6) is -0.876. The molecule has 1 N–H and O–H groups in total. The highest BCUT2D eigenvalue weighted by Gasteiger charge is 2.34. The number of hydrogen-bond acceptors (Lipinski definition) is 2. The van der Waals surface area contributed by atoms with Crippen LogP contribution in [0.15, 0.2) is 30.3 Å². The van der Waals surface area contributed by atoms with E-state index in [0.717, 1.165) is 5.56 Å². The van der Waals surface area contributed by atoms with Gasteiger partial charge in [0.25, 0.3) is 0 Å². The van der Waals surface area contributed by atoms with Crippen LogP contribution in [0.1, 0.15) is 30.9 Å². The fraction of sp³-hybridized carbons (Fsp3) is 0.375. The van der Waals surface area contributed by atoms with Gasteiger partial charge in [-0.3, -0.25) is 9.59 Å². The number of nitrogens with zero attached hydrogens (tertiary/aromatic N) is 1. The van der Waals surface area contributed by atoms with Crippen LogP contribution in [0.25, 0.3) is 6.08 Å². The molecular formula is C16H19NO3. The summed E-state index contributed by atoms with van der Waals surface area (Å²) >= 11 is 0. The normalized spacial score (nSPS) is 15.7. The maximum atomic E-state index is 11.8. The average molecular weight is 273 g/mol. The molecule has 0 radical (unpaired) electrons. The van der Waals surface area contributed by atoms with Crippen molar-refractivity contribution in [3.63, 3.8) is 0 Å². The highest BCUT2D eigenvalue weighted by molar-refractivity contribution is 5.93. The van der Waals surface area contributed by atoms with Gasteiger partial charge in [-0.1, -0.05) is 38.1 Å². The second-order valence-corrected chi connectivity index (χ2v) is 5.43. The maximum Gasteiger partial charge on any atom is 0.310 e. The molecule has 1 heterocycles. The fourth-order valence-electron chi connectivity index (χ4n) is 2.08. The van der Waals surface area contributed by atoms with E-state index >= 15 is 0 Å². The Hall–Kier alpha value is -2.10. The number of carbonyl (C=O) groups is 2. The summed E-state index contributed by atoms with van der Waals surface area (Å²) in [4.78, 5) is 24.0. The molecule has 0 aliphatic carbocycles. The lowest BCUT2D eigenvalue weighted by molar-refractivity contribution is -0.151. The molecule has 0 saturated carbocycles. The third-order valence-electron chi connectivity index (χ3n) is 3.56. The van der Waals surface area contributed by atoms with Gasteiger partial charge in [0.1, 0.15) is 0 Å². The minimum Gasteiger partial charge on any atom is -0.481 e. The van der Waals surface area contributed by atoms with E-state index in [2.05, 4.69) is 26.0 Å². The number of likely N-dealkylation sites (tertiary alicyclic amines) is 1. The highest BCUT2D eigenvalue weighted by Crippen LogP contribution is 2.17. The molecule has 0 spiro atoms. The summed E-state index contributed by atoms with van der Waals surface area (Å²) in [6.45, 7) is 4.89. The van der Waals surface area contributed by atoms with Crippen LogP contribution in [-0.4, -0.2) is 35.0 Å². The zero-order valence-electron chi connectivity index (χ0n) is 11.7. The maximum absolute atomic E-state index is 11.8.